The first-order valence-electron chi connectivity index (χ1n) is 8.60. The standard InChI is InChI=1S/C20H25FN4O.HI/c1-4-23-20(24-12-15-6-9-16(10-7-15)19(22)26)25-14(3)17-8-5-13(2)18(21)11-17;/h5-11,14H,4,12H2,1-3H3,(H2,22,26)(H2,23,24,25);1H. The van der Waals surface area contributed by atoms with E-state index in [4.69, 9.17) is 5.73 Å². The minimum atomic E-state index is -0.450. The number of amides is 1. The molecule has 2 aromatic carbocycles. The molecule has 0 saturated heterocycles. The highest BCUT2D eigenvalue weighted by Crippen LogP contribution is 2.16. The number of halogens is 2. The Balaban J connectivity index is 0.00000364. The lowest BCUT2D eigenvalue weighted by molar-refractivity contribution is 0.100. The lowest BCUT2D eigenvalue weighted by Crippen LogP contribution is -2.38. The fourth-order valence-corrected chi connectivity index (χ4v) is 2.43. The average molecular weight is 484 g/mol. The van der Waals surface area contributed by atoms with Crippen molar-refractivity contribution < 1.29 is 9.18 Å². The van der Waals surface area contributed by atoms with Crippen LogP contribution in [0.2, 0.25) is 0 Å². The van der Waals surface area contributed by atoms with Crippen LogP contribution in [0.15, 0.2) is 47.5 Å². The minimum absolute atomic E-state index is 0. The van der Waals surface area contributed by atoms with E-state index in [1.54, 1.807) is 31.2 Å². The van der Waals surface area contributed by atoms with Crippen molar-refractivity contribution in [2.45, 2.75) is 33.4 Å². The molecule has 0 radical (unpaired) electrons. The maximum absolute atomic E-state index is 13.8. The zero-order valence-corrected chi connectivity index (χ0v) is 18.1. The highest BCUT2D eigenvalue weighted by Gasteiger charge is 2.10. The number of primary amides is 1. The van der Waals surface area contributed by atoms with E-state index in [0.717, 1.165) is 11.1 Å². The molecular weight excluding hydrogens is 458 g/mol. The first-order valence-corrected chi connectivity index (χ1v) is 8.60. The maximum Gasteiger partial charge on any atom is 0.248 e. The van der Waals surface area contributed by atoms with Crippen LogP contribution in [-0.4, -0.2) is 18.4 Å². The van der Waals surface area contributed by atoms with Crippen molar-refractivity contribution in [3.8, 4) is 0 Å². The fourth-order valence-electron chi connectivity index (χ4n) is 2.43. The highest BCUT2D eigenvalue weighted by atomic mass is 127. The SMILES string of the molecule is CCNC(=NCc1ccc(C(N)=O)cc1)NC(C)c1ccc(C)c(F)c1.I. The summed E-state index contributed by atoms with van der Waals surface area (Å²) < 4.78 is 13.8. The highest BCUT2D eigenvalue weighted by molar-refractivity contribution is 14.0. The number of aryl methyl sites for hydroxylation is 1. The molecule has 146 valence electrons. The lowest BCUT2D eigenvalue weighted by atomic mass is 10.1. The molecule has 0 aliphatic heterocycles. The molecule has 0 aliphatic rings. The summed E-state index contributed by atoms with van der Waals surface area (Å²) in [5.74, 6) is -0.0261. The number of nitrogens with two attached hydrogens (primary N) is 1. The quantitative estimate of drug-likeness (QED) is 0.333. The predicted molar refractivity (Wildman–Crippen MR) is 118 cm³/mol. The average Bonchev–Trinajstić information content (AvgIpc) is 2.62. The van der Waals surface area contributed by atoms with E-state index in [0.29, 0.717) is 30.2 Å². The Labute approximate surface area is 176 Å². The van der Waals surface area contributed by atoms with Crippen molar-refractivity contribution in [3.63, 3.8) is 0 Å². The predicted octanol–water partition coefficient (Wildman–Crippen LogP) is 3.67. The molecule has 1 amide bonds. The van der Waals surface area contributed by atoms with E-state index in [2.05, 4.69) is 15.6 Å². The van der Waals surface area contributed by atoms with Crippen LogP contribution >= 0.6 is 24.0 Å². The Kier molecular flexibility index (Phi) is 9.20. The molecule has 1 unspecified atom stereocenters. The molecule has 4 N–H and O–H groups in total. The third-order valence-electron chi connectivity index (χ3n) is 4.05. The van der Waals surface area contributed by atoms with Gasteiger partial charge >= 0.3 is 0 Å². The normalized spacial score (nSPS) is 12.1. The van der Waals surface area contributed by atoms with Gasteiger partial charge in [-0.25, -0.2) is 9.38 Å². The molecule has 0 aliphatic carbocycles. The van der Waals surface area contributed by atoms with Gasteiger partial charge in [0.05, 0.1) is 12.6 Å². The summed E-state index contributed by atoms with van der Waals surface area (Å²) in [6.07, 6.45) is 0. The van der Waals surface area contributed by atoms with Gasteiger partial charge in [-0.1, -0.05) is 24.3 Å². The summed E-state index contributed by atoms with van der Waals surface area (Å²) in [7, 11) is 0. The van der Waals surface area contributed by atoms with Gasteiger partial charge in [0.15, 0.2) is 5.96 Å². The van der Waals surface area contributed by atoms with Crippen LogP contribution in [0.1, 0.15) is 46.9 Å². The van der Waals surface area contributed by atoms with Gasteiger partial charge in [0.25, 0.3) is 0 Å². The summed E-state index contributed by atoms with van der Waals surface area (Å²) >= 11 is 0. The summed E-state index contributed by atoms with van der Waals surface area (Å²) in [5, 5.41) is 6.46. The molecule has 2 aromatic rings. The first-order chi connectivity index (χ1) is 12.4. The van der Waals surface area contributed by atoms with E-state index in [1.165, 1.54) is 0 Å². The van der Waals surface area contributed by atoms with Crippen molar-refractivity contribution in [1.29, 1.82) is 0 Å². The van der Waals surface area contributed by atoms with Gasteiger partial charge in [-0.2, -0.15) is 0 Å². The second-order valence-electron chi connectivity index (χ2n) is 6.13. The molecule has 0 bridgehead atoms. The fraction of sp³-hybridized carbons (Fsp3) is 0.300. The number of nitrogens with zero attached hydrogens (tertiary/aromatic N) is 1. The van der Waals surface area contributed by atoms with Crippen LogP contribution in [-0.2, 0) is 6.54 Å². The molecule has 5 nitrogen and oxygen atoms in total. The van der Waals surface area contributed by atoms with Gasteiger partial charge in [-0.15, -0.1) is 24.0 Å². The Morgan fingerprint density at radius 2 is 1.89 bits per heavy atom. The Hall–Kier alpha value is -2.16. The minimum Gasteiger partial charge on any atom is -0.366 e. The molecular formula is C20H26FIN4O. The zero-order valence-electron chi connectivity index (χ0n) is 15.8. The molecule has 0 heterocycles. The van der Waals surface area contributed by atoms with Gasteiger partial charge in [-0.3, -0.25) is 4.79 Å². The number of carbonyl (C=O) groups is 1. The second kappa shape index (κ2) is 10.9. The second-order valence-corrected chi connectivity index (χ2v) is 6.13. The molecule has 0 saturated carbocycles. The molecule has 7 heteroatoms. The van der Waals surface area contributed by atoms with Crippen molar-refractivity contribution in [1.82, 2.24) is 10.6 Å². The third-order valence-corrected chi connectivity index (χ3v) is 4.05. The zero-order chi connectivity index (χ0) is 19.1. The van der Waals surface area contributed by atoms with E-state index < -0.39 is 5.91 Å². The smallest absolute Gasteiger partial charge is 0.248 e. The van der Waals surface area contributed by atoms with Crippen molar-refractivity contribution in [3.05, 3.63) is 70.5 Å². The number of rotatable bonds is 6. The number of carbonyl (C=O) groups excluding carboxylic acids is 1. The van der Waals surface area contributed by atoms with E-state index in [-0.39, 0.29) is 35.8 Å². The Morgan fingerprint density at radius 1 is 1.22 bits per heavy atom. The van der Waals surface area contributed by atoms with Crippen LogP contribution < -0.4 is 16.4 Å². The van der Waals surface area contributed by atoms with Crippen molar-refractivity contribution in [2.24, 2.45) is 10.7 Å². The molecule has 0 fully saturated rings. The Bertz CT molecular complexity index is 793. The van der Waals surface area contributed by atoms with Gasteiger partial charge in [0.1, 0.15) is 5.82 Å². The first kappa shape index (κ1) is 22.9. The van der Waals surface area contributed by atoms with Crippen LogP contribution in [0.25, 0.3) is 0 Å². The van der Waals surface area contributed by atoms with Gasteiger partial charge in [-0.05, 0) is 55.7 Å². The summed E-state index contributed by atoms with van der Waals surface area (Å²) in [5.41, 5.74) is 8.15. The summed E-state index contributed by atoms with van der Waals surface area (Å²) in [6, 6.07) is 12.1. The molecule has 2 rings (SSSR count). The van der Waals surface area contributed by atoms with Gasteiger partial charge < -0.3 is 16.4 Å². The van der Waals surface area contributed by atoms with Crippen LogP contribution in [0.3, 0.4) is 0 Å². The van der Waals surface area contributed by atoms with Crippen molar-refractivity contribution >= 4 is 35.8 Å². The van der Waals surface area contributed by atoms with E-state index >= 15 is 0 Å². The number of hydrogen-bond donors (Lipinski definition) is 3. The summed E-state index contributed by atoms with van der Waals surface area (Å²) in [4.78, 5) is 15.7. The lowest BCUT2D eigenvalue weighted by Gasteiger charge is -2.18. The topological polar surface area (TPSA) is 79.5 Å². The number of aliphatic imine (C=N–C) groups is 1. The number of benzene rings is 2. The van der Waals surface area contributed by atoms with E-state index in [9.17, 15) is 9.18 Å². The molecule has 0 aromatic heterocycles. The molecule has 1 atom stereocenters. The van der Waals surface area contributed by atoms with Crippen LogP contribution in [0.5, 0.6) is 0 Å². The summed E-state index contributed by atoms with van der Waals surface area (Å²) in [6.45, 7) is 6.84. The number of hydrogen-bond acceptors (Lipinski definition) is 2. The van der Waals surface area contributed by atoms with Gasteiger partial charge in [0, 0.05) is 12.1 Å². The molecule has 27 heavy (non-hydrogen) atoms. The monoisotopic (exact) mass is 484 g/mol. The van der Waals surface area contributed by atoms with Crippen LogP contribution in [0.4, 0.5) is 4.39 Å². The van der Waals surface area contributed by atoms with Crippen molar-refractivity contribution in [2.75, 3.05) is 6.54 Å². The van der Waals surface area contributed by atoms with Crippen LogP contribution in [0, 0.1) is 12.7 Å². The van der Waals surface area contributed by atoms with E-state index in [1.807, 2.05) is 32.0 Å². The Morgan fingerprint density at radius 3 is 2.44 bits per heavy atom. The molecule has 0 spiro atoms. The largest absolute Gasteiger partial charge is 0.366 e. The number of nitrogens with one attached hydrogen (secondary N) is 2. The third kappa shape index (κ3) is 6.82. The maximum atomic E-state index is 13.8. The number of guanidine groups is 1. The van der Waals surface area contributed by atoms with Gasteiger partial charge in [0.2, 0.25) is 5.91 Å².